The number of hydrogen-bond acceptors (Lipinski definition) is 3. The Morgan fingerprint density at radius 1 is 1.11 bits per heavy atom. The van der Waals surface area contributed by atoms with E-state index in [9.17, 15) is 4.79 Å². The van der Waals surface area contributed by atoms with Gasteiger partial charge in [0.05, 0.1) is 6.54 Å². The molecular weight excluding hydrogens is 483 g/mol. The van der Waals surface area contributed by atoms with Crippen LogP contribution in [-0.2, 0) is 11.3 Å². The number of benzene rings is 1. The lowest BCUT2D eigenvalue weighted by atomic mass is 10.1. The molecule has 154 valence electrons. The molecule has 0 bridgehead atoms. The molecule has 0 saturated heterocycles. The molecule has 1 amide bonds. The molecular formula is C21H31IN4OS. The summed E-state index contributed by atoms with van der Waals surface area (Å²) in [6.45, 7) is 10.3. The molecule has 1 atom stereocenters. The molecule has 0 radical (unpaired) electrons. The van der Waals surface area contributed by atoms with Gasteiger partial charge in [0.15, 0.2) is 5.96 Å². The van der Waals surface area contributed by atoms with Crippen molar-refractivity contribution < 1.29 is 4.79 Å². The second-order valence-corrected chi connectivity index (χ2v) is 7.65. The van der Waals surface area contributed by atoms with Crippen LogP contribution in [-0.4, -0.2) is 25.0 Å². The predicted molar refractivity (Wildman–Crippen MR) is 131 cm³/mol. The van der Waals surface area contributed by atoms with E-state index in [1.807, 2.05) is 38.1 Å². The Morgan fingerprint density at radius 2 is 1.82 bits per heavy atom. The van der Waals surface area contributed by atoms with Gasteiger partial charge in [0.2, 0.25) is 5.91 Å². The largest absolute Gasteiger partial charge is 0.357 e. The van der Waals surface area contributed by atoms with Gasteiger partial charge in [0, 0.05) is 24.7 Å². The standard InChI is InChI=1S/C21H30N4OS.HI/c1-5-22-21(23-12-16(4)18-10-11-27-14-18)24-13-17-6-8-19(9-7-17)25-20(26)15(2)3;/h6-11,14-16H,5,12-13H2,1-4H3,(H,25,26)(H2,22,23,24);1H. The third-order valence-electron chi connectivity index (χ3n) is 4.20. The number of nitrogens with one attached hydrogen (secondary N) is 3. The zero-order valence-corrected chi connectivity index (χ0v) is 20.1. The fourth-order valence-electron chi connectivity index (χ4n) is 2.42. The van der Waals surface area contributed by atoms with Gasteiger partial charge in [-0.25, -0.2) is 4.99 Å². The van der Waals surface area contributed by atoms with E-state index in [4.69, 9.17) is 0 Å². The van der Waals surface area contributed by atoms with E-state index in [-0.39, 0.29) is 35.8 Å². The van der Waals surface area contributed by atoms with Crippen molar-refractivity contribution in [3.05, 3.63) is 52.2 Å². The zero-order chi connectivity index (χ0) is 19.6. The highest BCUT2D eigenvalue weighted by atomic mass is 127. The number of rotatable bonds is 8. The summed E-state index contributed by atoms with van der Waals surface area (Å²) in [6.07, 6.45) is 0. The summed E-state index contributed by atoms with van der Waals surface area (Å²) >= 11 is 1.73. The maximum atomic E-state index is 11.7. The van der Waals surface area contributed by atoms with Crippen LogP contribution in [0.15, 0.2) is 46.1 Å². The highest BCUT2D eigenvalue weighted by molar-refractivity contribution is 14.0. The molecule has 1 aromatic carbocycles. The fourth-order valence-corrected chi connectivity index (χ4v) is 3.20. The Hall–Kier alpha value is -1.61. The molecule has 5 nitrogen and oxygen atoms in total. The van der Waals surface area contributed by atoms with E-state index in [1.54, 1.807) is 11.3 Å². The minimum absolute atomic E-state index is 0. The molecule has 3 N–H and O–H groups in total. The van der Waals surface area contributed by atoms with Crippen molar-refractivity contribution in [3.63, 3.8) is 0 Å². The van der Waals surface area contributed by atoms with Gasteiger partial charge in [0.1, 0.15) is 0 Å². The molecule has 28 heavy (non-hydrogen) atoms. The van der Waals surface area contributed by atoms with Gasteiger partial charge in [-0.3, -0.25) is 4.79 Å². The maximum Gasteiger partial charge on any atom is 0.226 e. The van der Waals surface area contributed by atoms with Crippen molar-refractivity contribution in [1.29, 1.82) is 0 Å². The number of amides is 1. The zero-order valence-electron chi connectivity index (χ0n) is 17.0. The minimum Gasteiger partial charge on any atom is -0.357 e. The van der Waals surface area contributed by atoms with Gasteiger partial charge in [-0.05, 0) is 52.9 Å². The highest BCUT2D eigenvalue weighted by Gasteiger charge is 2.08. The lowest BCUT2D eigenvalue weighted by Gasteiger charge is -2.15. The lowest BCUT2D eigenvalue weighted by Crippen LogP contribution is -2.39. The second-order valence-electron chi connectivity index (χ2n) is 6.87. The summed E-state index contributed by atoms with van der Waals surface area (Å²) in [6, 6.07) is 10.0. The third-order valence-corrected chi connectivity index (χ3v) is 4.90. The average Bonchev–Trinajstić information content (AvgIpc) is 3.19. The summed E-state index contributed by atoms with van der Waals surface area (Å²) in [5.41, 5.74) is 3.26. The molecule has 7 heteroatoms. The molecule has 0 spiro atoms. The first-order valence-electron chi connectivity index (χ1n) is 9.43. The molecule has 0 fully saturated rings. The average molecular weight is 514 g/mol. The number of carbonyl (C=O) groups is 1. The molecule has 1 aromatic heterocycles. The SMILES string of the molecule is CCNC(=NCc1ccc(NC(=O)C(C)C)cc1)NCC(C)c1ccsc1.I. The Balaban J connectivity index is 0.00000392. The normalized spacial score (nSPS) is 12.2. The minimum atomic E-state index is -0.0282. The van der Waals surface area contributed by atoms with Crippen LogP contribution in [0.1, 0.15) is 44.7 Å². The van der Waals surface area contributed by atoms with E-state index in [1.165, 1.54) is 5.56 Å². The number of nitrogens with zero attached hydrogens (tertiary/aromatic N) is 1. The Kier molecular flexibility index (Phi) is 11.1. The van der Waals surface area contributed by atoms with Crippen molar-refractivity contribution in [3.8, 4) is 0 Å². The van der Waals surface area contributed by atoms with Crippen molar-refractivity contribution in [1.82, 2.24) is 10.6 Å². The van der Waals surface area contributed by atoms with E-state index < -0.39 is 0 Å². The van der Waals surface area contributed by atoms with Crippen molar-refractivity contribution >= 4 is 52.9 Å². The Bertz CT molecular complexity index is 729. The molecule has 0 aliphatic heterocycles. The number of halogens is 1. The number of hydrogen-bond donors (Lipinski definition) is 3. The van der Waals surface area contributed by atoms with E-state index in [2.05, 4.69) is 51.6 Å². The lowest BCUT2D eigenvalue weighted by molar-refractivity contribution is -0.118. The topological polar surface area (TPSA) is 65.5 Å². The Labute approximate surface area is 189 Å². The molecule has 1 heterocycles. The summed E-state index contributed by atoms with van der Waals surface area (Å²) in [7, 11) is 0. The van der Waals surface area contributed by atoms with Gasteiger partial charge >= 0.3 is 0 Å². The molecule has 2 aromatic rings. The predicted octanol–water partition coefficient (Wildman–Crippen LogP) is 4.82. The molecule has 2 rings (SSSR count). The number of thiophene rings is 1. The fraction of sp³-hybridized carbons (Fsp3) is 0.429. The number of anilines is 1. The smallest absolute Gasteiger partial charge is 0.226 e. The summed E-state index contributed by atoms with van der Waals surface area (Å²) < 4.78 is 0. The van der Waals surface area contributed by atoms with Crippen molar-refractivity contribution in [2.45, 2.75) is 40.2 Å². The number of guanidine groups is 1. The first-order chi connectivity index (χ1) is 13.0. The molecule has 0 saturated carbocycles. The summed E-state index contributed by atoms with van der Waals surface area (Å²) in [5.74, 6) is 1.25. The first kappa shape index (κ1) is 24.4. The molecule has 0 aliphatic rings. The van der Waals surface area contributed by atoms with Gasteiger partial charge in [-0.2, -0.15) is 11.3 Å². The second kappa shape index (κ2) is 12.8. The van der Waals surface area contributed by atoms with Crippen LogP contribution in [0.2, 0.25) is 0 Å². The Morgan fingerprint density at radius 3 is 2.39 bits per heavy atom. The summed E-state index contributed by atoms with van der Waals surface area (Å²) in [4.78, 5) is 16.4. The van der Waals surface area contributed by atoms with Crippen molar-refractivity contribution in [2.24, 2.45) is 10.9 Å². The van der Waals surface area contributed by atoms with Gasteiger partial charge < -0.3 is 16.0 Å². The monoisotopic (exact) mass is 514 g/mol. The number of carbonyl (C=O) groups excluding carboxylic acids is 1. The van der Waals surface area contributed by atoms with E-state index >= 15 is 0 Å². The van der Waals surface area contributed by atoms with Crippen LogP contribution < -0.4 is 16.0 Å². The van der Waals surface area contributed by atoms with Gasteiger partial charge in [0.25, 0.3) is 0 Å². The first-order valence-corrected chi connectivity index (χ1v) is 10.4. The molecule has 0 aliphatic carbocycles. The van der Waals surface area contributed by atoms with Crippen LogP contribution in [0.5, 0.6) is 0 Å². The highest BCUT2D eigenvalue weighted by Crippen LogP contribution is 2.17. The van der Waals surface area contributed by atoms with Gasteiger partial charge in [-0.1, -0.05) is 32.9 Å². The van der Waals surface area contributed by atoms with Crippen LogP contribution in [0.25, 0.3) is 0 Å². The maximum absolute atomic E-state index is 11.7. The van der Waals surface area contributed by atoms with E-state index in [0.717, 1.165) is 30.3 Å². The van der Waals surface area contributed by atoms with Crippen LogP contribution in [0.4, 0.5) is 5.69 Å². The number of aliphatic imine (C=N–C) groups is 1. The molecule has 1 unspecified atom stereocenters. The van der Waals surface area contributed by atoms with Crippen molar-refractivity contribution in [2.75, 3.05) is 18.4 Å². The third kappa shape index (κ3) is 8.18. The quantitative estimate of drug-likeness (QED) is 0.269. The van der Waals surface area contributed by atoms with Crippen LogP contribution >= 0.6 is 35.3 Å². The van der Waals surface area contributed by atoms with Crippen LogP contribution in [0, 0.1) is 5.92 Å². The van der Waals surface area contributed by atoms with E-state index in [0.29, 0.717) is 12.5 Å². The summed E-state index contributed by atoms with van der Waals surface area (Å²) in [5, 5.41) is 13.9. The van der Waals surface area contributed by atoms with Crippen LogP contribution in [0.3, 0.4) is 0 Å². The van der Waals surface area contributed by atoms with Gasteiger partial charge in [-0.15, -0.1) is 24.0 Å².